The summed E-state index contributed by atoms with van der Waals surface area (Å²) in [5, 5.41) is 12.9. The van der Waals surface area contributed by atoms with Crippen molar-refractivity contribution in [2.45, 2.75) is 18.3 Å². The Hall–Kier alpha value is -2.20. The maximum atomic E-state index is 13.2. The molecule has 10 heteroatoms. The number of nitrogens with one attached hydrogen (secondary N) is 1. The molecule has 2 aromatic rings. The van der Waals surface area contributed by atoms with E-state index in [1.165, 1.54) is 12.1 Å². The molecule has 29 heavy (non-hydrogen) atoms. The molecule has 2 atom stereocenters. The zero-order valence-electron chi connectivity index (χ0n) is 15.2. The summed E-state index contributed by atoms with van der Waals surface area (Å²) in [4.78, 5) is 10.7. The third-order valence-corrected chi connectivity index (χ3v) is 5.41. The average molecular weight is 426 g/mol. The van der Waals surface area contributed by atoms with Crippen LogP contribution >= 0.6 is 11.6 Å². The van der Waals surface area contributed by atoms with Gasteiger partial charge in [-0.05, 0) is 23.8 Å². The molecular weight excluding hydrogens is 407 g/mol. The largest absolute Gasteiger partial charge is 0.417 e. The maximum absolute atomic E-state index is 13.2. The van der Waals surface area contributed by atoms with E-state index >= 15 is 0 Å². The molecule has 4 rings (SSSR count). The van der Waals surface area contributed by atoms with Crippen LogP contribution in [0.1, 0.15) is 11.1 Å². The molecule has 4 N–H and O–H groups in total. The van der Waals surface area contributed by atoms with Crippen LogP contribution in [0.25, 0.3) is 17.0 Å². The molecule has 0 radical (unpaired) electrons. The van der Waals surface area contributed by atoms with Gasteiger partial charge in [-0.3, -0.25) is 0 Å². The van der Waals surface area contributed by atoms with Crippen LogP contribution in [-0.2, 0) is 6.18 Å². The summed E-state index contributed by atoms with van der Waals surface area (Å²) in [7, 11) is 0. The maximum Gasteiger partial charge on any atom is 0.417 e. The van der Waals surface area contributed by atoms with Gasteiger partial charge >= 0.3 is 6.18 Å². The van der Waals surface area contributed by atoms with Crippen LogP contribution in [0.15, 0.2) is 30.5 Å². The SMILES string of the molecule is N[C@@H]1CN(c2nc(-c3ccc(Cl)c(C(F)(F)F)c3)ncc2C2=CCNC2)C[C@H]1O. The van der Waals surface area contributed by atoms with Crippen LogP contribution in [0.5, 0.6) is 0 Å². The molecule has 1 aromatic heterocycles. The van der Waals surface area contributed by atoms with Crippen LogP contribution in [0.4, 0.5) is 19.0 Å². The average Bonchev–Trinajstić information content (AvgIpc) is 3.31. The van der Waals surface area contributed by atoms with Crippen molar-refractivity contribution in [1.82, 2.24) is 15.3 Å². The molecule has 0 bridgehead atoms. The van der Waals surface area contributed by atoms with Crippen molar-refractivity contribution in [3.8, 4) is 11.4 Å². The molecule has 0 saturated carbocycles. The van der Waals surface area contributed by atoms with E-state index in [9.17, 15) is 18.3 Å². The number of hydrogen-bond donors (Lipinski definition) is 3. The van der Waals surface area contributed by atoms with Gasteiger partial charge in [-0.1, -0.05) is 17.7 Å². The minimum absolute atomic E-state index is 0.146. The highest BCUT2D eigenvalue weighted by Gasteiger charge is 2.34. The number of β-amino-alcohol motifs (C(OH)–C–C–N with tert-alkyl or cyclic N) is 1. The Labute approximate surface area is 170 Å². The number of nitrogens with two attached hydrogens (primary N) is 1. The smallest absolute Gasteiger partial charge is 0.390 e. The van der Waals surface area contributed by atoms with E-state index in [2.05, 4.69) is 15.3 Å². The fourth-order valence-electron chi connectivity index (χ4n) is 3.53. The highest BCUT2D eigenvalue weighted by atomic mass is 35.5. The fraction of sp³-hybridized carbons (Fsp3) is 0.368. The normalized spacial score (nSPS) is 22.3. The summed E-state index contributed by atoms with van der Waals surface area (Å²) in [5.74, 6) is 0.688. The van der Waals surface area contributed by atoms with Crippen molar-refractivity contribution in [3.05, 3.63) is 46.6 Å². The van der Waals surface area contributed by atoms with Crippen molar-refractivity contribution in [2.75, 3.05) is 31.1 Å². The number of anilines is 1. The number of benzene rings is 1. The molecule has 0 unspecified atom stereocenters. The summed E-state index contributed by atoms with van der Waals surface area (Å²) in [6.07, 6.45) is -1.67. The van der Waals surface area contributed by atoms with E-state index < -0.39 is 23.9 Å². The lowest BCUT2D eigenvalue weighted by Gasteiger charge is -2.21. The van der Waals surface area contributed by atoms with Crippen LogP contribution < -0.4 is 16.0 Å². The van der Waals surface area contributed by atoms with E-state index in [0.717, 1.165) is 17.2 Å². The molecule has 6 nitrogen and oxygen atoms in total. The Morgan fingerprint density at radius 1 is 1.28 bits per heavy atom. The Bertz CT molecular complexity index is 955. The van der Waals surface area contributed by atoms with E-state index in [0.29, 0.717) is 32.0 Å². The van der Waals surface area contributed by atoms with Gasteiger partial charge in [0.25, 0.3) is 0 Å². The zero-order valence-corrected chi connectivity index (χ0v) is 16.0. The molecule has 2 aliphatic heterocycles. The van der Waals surface area contributed by atoms with E-state index in [1.54, 1.807) is 6.20 Å². The number of halogens is 4. The first-order valence-corrected chi connectivity index (χ1v) is 9.44. The number of alkyl halides is 3. The molecular formula is C19H19ClF3N5O. The third-order valence-electron chi connectivity index (χ3n) is 5.09. The van der Waals surface area contributed by atoms with Crippen molar-refractivity contribution in [3.63, 3.8) is 0 Å². The molecule has 0 amide bonds. The second-order valence-electron chi connectivity index (χ2n) is 7.12. The van der Waals surface area contributed by atoms with E-state index in [-0.39, 0.29) is 16.4 Å². The summed E-state index contributed by atoms with van der Waals surface area (Å²) in [6.45, 7) is 2.03. The topological polar surface area (TPSA) is 87.3 Å². The Kier molecular flexibility index (Phi) is 5.24. The highest BCUT2D eigenvalue weighted by molar-refractivity contribution is 6.31. The number of aromatic nitrogens is 2. The number of nitrogens with zero attached hydrogens (tertiary/aromatic N) is 3. The zero-order chi connectivity index (χ0) is 20.8. The van der Waals surface area contributed by atoms with Gasteiger partial charge in [-0.15, -0.1) is 0 Å². The van der Waals surface area contributed by atoms with Crippen molar-refractivity contribution in [2.24, 2.45) is 5.73 Å². The highest BCUT2D eigenvalue weighted by Crippen LogP contribution is 2.37. The van der Waals surface area contributed by atoms with E-state index in [1.807, 2.05) is 11.0 Å². The quantitative estimate of drug-likeness (QED) is 0.699. The second-order valence-corrected chi connectivity index (χ2v) is 7.53. The monoisotopic (exact) mass is 425 g/mol. The van der Waals surface area contributed by atoms with Crippen molar-refractivity contribution >= 4 is 23.0 Å². The minimum atomic E-state index is -4.58. The van der Waals surface area contributed by atoms with Gasteiger partial charge in [0.15, 0.2) is 5.82 Å². The standard InChI is InChI=1S/C19H19ClF3N5O/c20-14-2-1-10(5-13(14)19(21,22)23)17-26-7-12(11-3-4-25-6-11)18(27-17)28-8-15(24)16(29)9-28/h1-3,5,7,15-16,25,29H,4,6,8-9,24H2/t15-,16-/m1/s1. The lowest BCUT2D eigenvalue weighted by atomic mass is 10.1. The Morgan fingerprint density at radius 3 is 2.69 bits per heavy atom. The fourth-order valence-corrected chi connectivity index (χ4v) is 3.75. The molecule has 2 aliphatic rings. The molecule has 154 valence electrons. The van der Waals surface area contributed by atoms with Gasteiger partial charge in [-0.25, -0.2) is 9.97 Å². The van der Waals surface area contributed by atoms with Crippen molar-refractivity contribution in [1.29, 1.82) is 0 Å². The summed E-state index contributed by atoms with van der Waals surface area (Å²) in [5.41, 5.74) is 6.97. The number of rotatable bonds is 3. The Morgan fingerprint density at radius 2 is 2.07 bits per heavy atom. The lowest BCUT2D eigenvalue weighted by Crippen LogP contribution is -2.32. The third kappa shape index (κ3) is 3.95. The van der Waals surface area contributed by atoms with Gasteiger partial charge in [0.05, 0.1) is 16.7 Å². The van der Waals surface area contributed by atoms with E-state index in [4.69, 9.17) is 17.3 Å². The number of aliphatic hydroxyl groups is 1. The van der Waals surface area contributed by atoms with Crippen LogP contribution in [0, 0.1) is 0 Å². The van der Waals surface area contributed by atoms with Gasteiger partial charge in [-0.2, -0.15) is 13.2 Å². The first-order valence-electron chi connectivity index (χ1n) is 9.07. The molecule has 0 aliphatic carbocycles. The predicted molar refractivity (Wildman–Crippen MR) is 105 cm³/mol. The first-order chi connectivity index (χ1) is 13.7. The predicted octanol–water partition coefficient (Wildman–Crippen LogP) is 2.31. The second kappa shape index (κ2) is 7.56. The molecule has 1 aromatic carbocycles. The summed E-state index contributed by atoms with van der Waals surface area (Å²) < 4.78 is 39.7. The van der Waals surface area contributed by atoms with Crippen LogP contribution in [0.2, 0.25) is 5.02 Å². The summed E-state index contributed by atoms with van der Waals surface area (Å²) in [6, 6.07) is 3.17. The Balaban J connectivity index is 1.79. The molecule has 1 saturated heterocycles. The molecule has 1 fully saturated rings. The lowest BCUT2D eigenvalue weighted by molar-refractivity contribution is -0.137. The van der Waals surface area contributed by atoms with Gasteiger partial charge < -0.3 is 21.1 Å². The number of hydrogen-bond acceptors (Lipinski definition) is 6. The molecule has 0 spiro atoms. The minimum Gasteiger partial charge on any atom is -0.390 e. The van der Waals surface area contributed by atoms with Gasteiger partial charge in [0.2, 0.25) is 0 Å². The van der Waals surface area contributed by atoms with Gasteiger partial charge in [0.1, 0.15) is 5.82 Å². The van der Waals surface area contributed by atoms with Gasteiger partial charge in [0, 0.05) is 49.5 Å². The van der Waals surface area contributed by atoms with Crippen LogP contribution in [0.3, 0.4) is 0 Å². The first kappa shape index (κ1) is 20.1. The van der Waals surface area contributed by atoms with Crippen LogP contribution in [-0.4, -0.2) is 53.4 Å². The summed E-state index contributed by atoms with van der Waals surface area (Å²) >= 11 is 5.72. The molecule has 3 heterocycles. The number of aliphatic hydroxyl groups excluding tert-OH is 1. The van der Waals surface area contributed by atoms with Crippen molar-refractivity contribution < 1.29 is 18.3 Å².